The summed E-state index contributed by atoms with van der Waals surface area (Å²) < 4.78 is 31.1. The maximum atomic E-state index is 13.0. The smallest absolute Gasteiger partial charge is 0.196 e. The molecule has 26 heavy (non-hydrogen) atoms. The summed E-state index contributed by atoms with van der Waals surface area (Å²) in [7, 11) is -5.16. The average Bonchev–Trinajstić information content (AvgIpc) is 2.61. The van der Waals surface area contributed by atoms with Gasteiger partial charge in [-0.1, -0.05) is 52.3 Å². The quantitative estimate of drug-likeness (QED) is 0.525. The van der Waals surface area contributed by atoms with Crippen molar-refractivity contribution in [3.8, 4) is 0 Å². The topological polar surface area (TPSA) is 46.5 Å². The number of hydrogen-bond donors (Lipinski definition) is 0. The third-order valence-electron chi connectivity index (χ3n) is 3.99. The summed E-state index contributed by atoms with van der Waals surface area (Å²) in [6.07, 6.45) is 0. The number of halogens is 1. The van der Waals surface area contributed by atoms with E-state index in [0.717, 1.165) is 26.2 Å². The Kier molecular flexibility index (Phi) is 5.71. The van der Waals surface area contributed by atoms with Crippen LogP contribution in [-0.2, 0) is 10.0 Å². The highest BCUT2D eigenvalue weighted by atomic mass is 79.9. The van der Waals surface area contributed by atoms with Gasteiger partial charge in [-0.15, -0.1) is 0 Å². The molecule has 3 rings (SSSR count). The van der Waals surface area contributed by atoms with Crippen LogP contribution in [0.2, 0.25) is 0 Å². The lowest BCUT2D eigenvalue weighted by Crippen LogP contribution is -2.13. The molecule has 0 heterocycles. The third-order valence-corrected chi connectivity index (χ3v) is 8.81. The van der Waals surface area contributed by atoms with Gasteiger partial charge in [-0.2, -0.15) is 8.42 Å². The normalized spacial score (nSPS) is 11.2. The van der Waals surface area contributed by atoms with E-state index in [0.29, 0.717) is 0 Å². The van der Waals surface area contributed by atoms with Crippen molar-refractivity contribution >= 4 is 44.3 Å². The lowest BCUT2D eigenvalue weighted by atomic mass is 10.2. The summed E-state index contributed by atoms with van der Waals surface area (Å²) in [5.41, 5.74) is 2.08. The zero-order chi connectivity index (χ0) is 18.7. The van der Waals surface area contributed by atoms with Crippen molar-refractivity contribution in [2.75, 3.05) is 0 Å². The first-order chi connectivity index (χ1) is 12.4. The molecule has 0 aliphatic rings. The standard InChI is InChI=1S/C20H18BrNO2PS/c1-15-7-3-5-9-19(15)25(20-10-6-4-8-16(20)2)22-26(23,24)18-13-11-17(21)12-14-18/h3-14H,1-2H3/q+1. The molecule has 0 bridgehead atoms. The van der Waals surface area contributed by atoms with E-state index in [1.807, 2.05) is 62.4 Å². The van der Waals surface area contributed by atoms with Crippen LogP contribution in [0, 0.1) is 13.8 Å². The zero-order valence-corrected chi connectivity index (χ0v) is 17.7. The molecule has 6 heteroatoms. The molecule has 0 amide bonds. The van der Waals surface area contributed by atoms with Crippen LogP contribution in [0.4, 0.5) is 0 Å². The third kappa shape index (κ3) is 4.12. The van der Waals surface area contributed by atoms with E-state index < -0.39 is 17.7 Å². The molecule has 0 aliphatic carbocycles. The molecule has 0 unspecified atom stereocenters. The van der Waals surface area contributed by atoms with Crippen LogP contribution in [-0.4, -0.2) is 8.42 Å². The maximum absolute atomic E-state index is 13.0. The first-order valence-corrected chi connectivity index (χ1v) is 11.6. The number of sulfonamides is 1. The molecule has 3 nitrogen and oxygen atoms in total. The van der Waals surface area contributed by atoms with E-state index in [1.54, 1.807) is 24.3 Å². The van der Waals surface area contributed by atoms with Gasteiger partial charge in [0.05, 0.1) is 4.90 Å². The highest BCUT2D eigenvalue weighted by Gasteiger charge is 2.29. The number of rotatable bonds is 4. The molecule has 0 N–H and O–H groups in total. The molecule has 3 aromatic rings. The monoisotopic (exact) mass is 446 g/mol. The molecule has 0 saturated carbocycles. The van der Waals surface area contributed by atoms with Crippen LogP contribution in [0.25, 0.3) is 0 Å². The van der Waals surface area contributed by atoms with Gasteiger partial charge in [0.15, 0.2) is 10.6 Å². The molecule has 0 saturated heterocycles. The van der Waals surface area contributed by atoms with E-state index in [-0.39, 0.29) is 4.90 Å². The Morgan fingerprint density at radius 3 is 1.69 bits per heavy atom. The Balaban J connectivity index is 2.24. The van der Waals surface area contributed by atoms with Gasteiger partial charge < -0.3 is 0 Å². The first kappa shape index (κ1) is 19.0. The minimum Gasteiger partial charge on any atom is -0.196 e. The van der Waals surface area contributed by atoms with Crippen LogP contribution in [0.1, 0.15) is 11.1 Å². The highest BCUT2D eigenvalue weighted by molar-refractivity contribution is 9.10. The Morgan fingerprint density at radius 1 is 0.769 bits per heavy atom. The van der Waals surface area contributed by atoms with Gasteiger partial charge in [0.25, 0.3) is 7.71 Å². The van der Waals surface area contributed by atoms with Crippen molar-refractivity contribution in [1.82, 2.24) is 0 Å². The van der Waals surface area contributed by atoms with Crippen LogP contribution in [0.3, 0.4) is 0 Å². The molecule has 0 atom stereocenters. The van der Waals surface area contributed by atoms with Gasteiger partial charge in [0.1, 0.15) is 0 Å². The van der Waals surface area contributed by atoms with Crippen LogP contribution in [0.15, 0.2) is 86.3 Å². The molecule has 0 fully saturated rings. The Hall–Kier alpha value is -1.81. The minimum atomic E-state index is -3.77. The Labute approximate surface area is 163 Å². The summed E-state index contributed by atoms with van der Waals surface area (Å²) in [5.74, 6) is 0. The fraction of sp³-hybridized carbons (Fsp3) is 0.100. The molecule has 0 aliphatic heterocycles. The second kappa shape index (κ2) is 7.83. The molecular weight excluding hydrogens is 429 g/mol. The van der Waals surface area contributed by atoms with Crippen molar-refractivity contribution in [3.63, 3.8) is 0 Å². The molecule has 3 aromatic carbocycles. The SMILES string of the molecule is Cc1ccccc1[P+](=NS(=O)(=O)c1ccc(Br)cc1)c1ccccc1C. The number of aryl methyl sites for hydroxylation is 2. The summed E-state index contributed by atoms with van der Waals surface area (Å²) >= 11 is 3.33. The Morgan fingerprint density at radius 2 is 1.23 bits per heavy atom. The van der Waals surface area contributed by atoms with Gasteiger partial charge in [0.2, 0.25) is 0 Å². The summed E-state index contributed by atoms with van der Waals surface area (Å²) in [4.78, 5) is 0.204. The van der Waals surface area contributed by atoms with Crippen molar-refractivity contribution in [2.24, 2.45) is 4.15 Å². The van der Waals surface area contributed by atoms with E-state index in [1.165, 1.54) is 0 Å². The van der Waals surface area contributed by atoms with Crippen LogP contribution in [0.5, 0.6) is 0 Å². The maximum Gasteiger partial charge on any atom is 0.317 e. The summed E-state index contributed by atoms with van der Waals surface area (Å²) in [6.45, 7) is 3.98. The molecule has 132 valence electrons. The van der Waals surface area contributed by atoms with E-state index in [9.17, 15) is 8.42 Å². The lowest BCUT2D eigenvalue weighted by molar-refractivity contribution is 0.598. The van der Waals surface area contributed by atoms with E-state index in [2.05, 4.69) is 20.1 Å². The van der Waals surface area contributed by atoms with Crippen molar-refractivity contribution in [2.45, 2.75) is 18.7 Å². The van der Waals surface area contributed by atoms with E-state index >= 15 is 0 Å². The van der Waals surface area contributed by atoms with Gasteiger partial charge in [0, 0.05) is 19.7 Å². The zero-order valence-electron chi connectivity index (χ0n) is 14.4. The largest absolute Gasteiger partial charge is 0.317 e. The average molecular weight is 447 g/mol. The lowest BCUT2D eigenvalue weighted by Gasteiger charge is -2.02. The molecule has 0 spiro atoms. The fourth-order valence-corrected chi connectivity index (χ4v) is 6.80. The van der Waals surface area contributed by atoms with Gasteiger partial charge in [-0.05, 0) is 50.2 Å². The van der Waals surface area contributed by atoms with Crippen molar-refractivity contribution < 1.29 is 8.42 Å². The van der Waals surface area contributed by atoms with Gasteiger partial charge in [-0.25, -0.2) is 0 Å². The van der Waals surface area contributed by atoms with Gasteiger partial charge in [-0.3, -0.25) is 0 Å². The number of nitrogens with zero attached hydrogens (tertiary/aromatic N) is 1. The predicted octanol–water partition coefficient (Wildman–Crippen LogP) is 5.07. The Bertz CT molecular complexity index is 1030. The van der Waals surface area contributed by atoms with Crippen LogP contribution < -0.4 is 10.6 Å². The van der Waals surface area contributed by atoms with Crippen molar-refractivity contribution in [3.05, 3.63) is 88.4 Å². The van der Waals surface area contributed by atoms with Gasteiger partial charge >= 0.3 is 10.0 Å². The highest BCUT2D eigenvalue weighted by Crippen LogP contribution is 2.31. The molecular formula is C20H18BrNO2PS+. The first-order valence-electron chi connectivity index (χ1n) is 8.03. The van der Waals surface area contributed by atoms with Crippen molar-refractivity contribution in [1.29, 1.82) is 0 Å². The van der Waals surface area contributed by atoms with Crippen LogP contribution >= 0.6 is 23.6 Å². The number of hydrogen-bond acceptors (Lipinski definition) is 2. The summed E-state index contributed by atoms with van der Waals surface area (Å²) in [5, 5.41) is 1.91. The second-order valence-electron chi connectivity index (χ2n) is 5.90. The second-order valence-corrected chi connectivity index (χ2v) is 10.5. The number of benzene rings is 3. The fourth-order valence-electron chi connectivity index (χ4n) is 2.58. The van der Waals surface area contributed by atoms with E-state index in [4.69, 9.17) is 0 Å². The predicted molar refractivity (Wildman–Crippen MR) is 112 cm³/mol. The minimum absolute atomic E-state index is 0.204. The molecule has 0 radical (unpaired) electrons. The summed E-state index contributed by atoms with van der Waals surface area (Å²) in [6, 6.07) is 22.3. The molecule has 0 aromatic heterocycles.